The minimum Gasteiger partial charge on any atom is -0.490 e. The second-order valence-electron chi connectivity index (χ2n) is 7.83. The molecule has 1 atom stereocenters. The Hall–Kier alpha value is -3.06. The predicted octanol–water partition coefficient (Wildman–Crippen LogP) is 5.47. The fourth-order valence-electron chi connectivity index (χ4n) is 3.44. The minimum absolute atomic E-state index is 0.0144. The van der Waals surface area contributed by atoms with Crippen LogP contribution in [0.1, 0.15) is 24.3 Å². The summed E-state index contributed by atoms with van der Waals surface area (Å²) in [7, 11) is 0. The number of nitrogens with one attached hydrogen (secondary N) is 2. The van der Waals surface area contributed by atoms with Crippen molar-refractivity contribution in [1.82, 2.24) is 20.3 Å². The lowest BCUT2D eigenvalue weighted by molar-refractivity contribution is -0.139. The molecule has 0 amide bonds. The van der Waals surface area contributed by atoms with E-state index in [1.54, 1.807) is 19.2 Å². The van der Waals surface area contributed by atoms with Crippen molar-refractivity contribution in [1.29, 1.82) is 0 Å². The number of anilines is 1. The van der Waals surface area contributed by atoms with Gasteiger partial charge in [-0.3, -0.25) is 0 Å². The quantitative estimate of drug-likeness (QED) is 0.385. The molecule has 35 heavy (non-hydrogen) atoms. The number of ether oxygens (including phenoxy) is 2. The van der Waals surface area contributed by atoms with Crippen molar-refractivity contribution in [3.8, 4) is 28.0 Å². The molecule has 2 N–H and O–H groups in total. The lowest BCUT2D eigenvalue weighted by Gasteiger charge is -2.23. The van der Waals surface area contributed by atoms with Crippen LogP contribution in [0.4, 0.5) is 27.9 Å². The van der Waals surface area contributed by atoms with Crippen LogP contribution < -0.4 is 20.1 Å². The first-order valence-corrected chi connectivity index (χ1v) is 11.6. The van der Waals surface area contributed by atoms with Gasteiger partial charge in [-0.2, -0.15) is 22.0 Å². The van der Waals surface area contributed by atoms with E-state index in [9.17, 15) is 22.0 Å². The van der Waals surface area contributed by atoms with E-state index in [0.29, 0.717) is 21.5 Å². The maximum absolute atomic E-state index is 14.6. The maximum atomic E-state index is 14.6. The van der Waals surface area contributed by atoms with Crippen LogP contribution in [0.25, 0.3) is 10.6 Å². The molecule has 1 saturated heterocycles. The Morgan fingerprint density at radius 1 is 1.14 bits per heavy atom. The number of benzene rings is 1. The van der Waals surface area contributed by atoms with Gasteiger partial charge in [0.15, 0.2) is 11.5 Å². The number of aromatic nitrogens is 3. The van der Waals surface area contributed by atoms with Gasteiger partial charge < -0.3 is 20.1 Å². The van der Waals surface area contributed by atoms with Crippen molar-refractivity contribution in [2.24, 2.45) is 0 Å². The monoisotopic (exact) mass is 515 g/mol. The molecule has 0 aliphatic carbocycles. The van der Waals surface area contributed by atoms with E-state index in [0.717, 1.165) is 38.1 Å². The average molecular weight is 516 g/mol. The molecule has 4 rings (SSSR count). The summed E-state index contributed by atoms with van der Waals surface area (Å²) in [5, 5.41) is 7.19. The highest BCUT2D eigenvalue weighted by Gasteiger charge is 2.27. The van der Waals surface area contributed by atoms with Crippen LogP contribution in [0, 0.1) is 18.6 Å². The smallest absolute Gasteiger partial charge is 0.392 e. The first-order valence-electron chi connectivity index (χ1n) is 10.8. The Bertz CT molecular complexity index is 1170. The lowest BCUT2D eigenvalue weighted by atomic mass is 10.1. The molecule has 1 fully saturated rings. The molecule has 0 saturated carbocycles. The predicted molar refractivity (Wildman–Crippen MR) is 120 cm³/mol. The fraction of sp³-hybridized carbons (Fsp3) is 0.409. The van der Waals surface area contributed by atoms with Gasteiger partial charge in [0.1, 0.15) is 4.88 Å². The van der Waals surface area contributed by atoms with E-state index in [2.05, 4.69) is 25.6 Å². The third-order valence-corrected chi connectivity index (χ3v) is 6.06. The first kappa shape index (κ1) is 25.0. The topological polar surface area (TPSA) is 81.2 Å². The van der Waals surface area contributed by atoms with Gasteiger partial charge in [0.25, 0.3) is 0 Å². The number of rotatable bonds is 8. The standard InChI is InChI=1S/C22H22F5N5O2S/c1-12-30-20(34-16-5-4-15(17(23)18(16)24)33-10-7-22(25,26)27)19(35-12)14-6-9-29-21(32-14)31-13-3-2-8-28-11-13/h4-6,9,13,28H,2-3,7-8,10-11H2,1H3,(H,29,31,32). The summed E-state index contributed by atoms with van der Waals surface area (Å²) < 4.78 is 76.1. The summed E-state index contributed by atoms with van der Waals surface area (Å²) >= 11 is 1.25. The molecule has 7 nitrogen and oxygen atoms in total. The molecular formula is C22H22F5N5O2S. The SMILES string of the molecule is Cc1nc(Oc2ccc(OCCC(F)(F)F)c(F)c2F)c(-c2ccnc(NC3CCCNC3)n2)s1. The first-order chi connectivity index (χ1) is 16.7. The zero-order valence-electron chi connectivity index (χ0n) is 18.6. The second kappa shape index (κ2) is 10.7. The Balaban J connectivity index is 1.52. The summed E-state index contributed by atoms with van der Waals surface area (Å²) in [6.07, 6.45) is -2.17. The van der Waals surface area contributed by atoms with Crippen LogP contribution >= 0.6 is 11.3 Å². The van der Waals surface area contributed by atoms with E-state index in [1.165, 1.54) is 11.3 Å². The van der Waals surface area contributed by atoms with E-state index in [-0.39, 0.29) is 11.9 Å². The Morgan fingerprint density at radius 3 is 2.66 bits per heavy atom. The van der Waals surface area contributed by atoms with Crippen molar-refractivity contribution in [2.75, 3.05) is 25.0 Å². The van der Waals surface area contributed by atoms with Crippen molar-refractivity contribution in [3.63, 3.8) is 0 Å². The van der Waals surface area contributed by atoms with Crippen LogP contribution in [0.15, 0.2) is 24.4 Å². The zero-order valence-corrected chi connectivity index (χ0v) is 19.4. The average Bonchev–Trinajstić information content (AvgIpc) is 3.18. The zero-order chi connectivity index (χ0) is 25.0. The van der Waals surface area contributed by atoms with E-state index in [4.69, 9.17) is 9.47 Å². The Morgan fingerprint density at radius 2 is 1.91 bits per heavy atom. The highest BCUT2D eigenvalue weighted by Crippen LogP contribution is 2.39. The number of hydrogen-bond donors (Lipinski definition) is 2. The molecule has 13 heteroatoms. The molecule has 2 aromatic heterocycles. The normalized spacial score (nSPS) is 16.2. The van der Waals surface area contributed by atoms with Gasteiger partial charge in [0.2, 0.25) is 23.5 Å². The van der Waals surface area contributed by atoms with Gasteiger partial charge in [-0.05, 0) is 44.5 Å². The number of alkyl halides is 3. The molecule has 3 aromatic rings. The van der Waals surface area contributed by atoms with Crippen molar-refractivity contribution < 1.29 is 31.4 Å². The molecule has 188 valence electrons. The maximum Gasteiger partial charge on any atom is 0.392 e. The summed E-state index contributed by atoms with van der Waals surface area (Å²) in [6, 6.07) is 3.92. The number of nitrogens with zero attached hydrogens (tertiary/aromatic N) is 3. The number of halogens is 5. The van der Waals surface area contributed by atoms with Crippen molar-refractivity contribution >= 4 is 17.3 Å². The van der Waals surface area contributed by atoms with Gasteiger partial charge in [0.05, 0.1) is 23.7 Å². The second-order valence-corrected chi connectivity index (χ2v) is 9.03. The van der Waals surface area contributed by atoms with Crippen LogP contribution in [-0.2, 0) is 0 Å². The molecule has 0 bridgehead atoms. The van der Waals surface area contributed by atoms with Gasteiger partial charge in [-0.25, -0.2) is 15.0 Å². The van der Waals surface area contributed by atoms with Gasteiger partial charge >= 0.3 is 6.18 Å². The Labute approximate surface area is 201 Å². The third kappa shape index (κ3) is 6.54. The molecule has 0 radical (unpaired) electrons. The molecule has 1 aliphatic heterocycles. The fourth-order valence-corrected chi connectivity index (χ4v) is 4.25. The Kier molecular flexibility index (Phi) is 7.65. The van der Waals surface area contributed by atoms with Crippen molar-refractivity contribution in [2.45, 2.75) is 38.4 Å². The molecular weight excluding hydrogens is 493 g/mol. The van der Waals surface area contributed by atoms with Gasteiger partial charge in [-0.1, -0.05) is 0 Å². The number of aryl methyl sites for hydroxylation is 1. The van der Waals surface area contributed by atoms with Gasteiger partial charge in [0, 0.05) is 18.8 Å². The van der Waals surface area contributed by atoms with E-state index >= 15 is 0 Å². The number of piperidine rings is 1. The molecule has 0 spiro atoms. The third-order valence-electron chi connectivity index (χ3n) is 5.08. The largest absolute Gasteiger partial charge is 0.490 e. The summed E-state index contributed by atoms with van der Waals surface area (Å²) in [5.41, 5.74) is 0.486. The van der Waals surface area contributed by atoms with Crippen molar-refractivity contribution in [3.05, 3.63) is 41.0 Å². The highest BCUT2D eigenvalue weighted by molar-refractivity contribution is 7.15. The minimum atomic E-state index is -4.47. The lowest BCUT2D eigenvalue weighted by Crippen LogP contribution is -2.38. The molecule has 3 heterocycles. The number of hydrogen-bond acceptors (Lipinski definition) is 8. The van der Waals surface area contributed by atoms with Crippen LogP contribution in [0.2, 0.25) is 0 Å². The molecule has 1 aromatic carbocycles. The van der Waals surface area contributed by atoms with Crippen LogP contribution in [0.3, 0.4) is 0 Å². The summed E-state index contributed by atoms with van der Waals surface area (Å²) in [5.74, 6) is -3.55. The number of thiazole rings is 1. The van der Waals surface area contributed by atoms with E-state index < -0.39 is 42.3 Å². The van der Waals surface area contributed by atoms with Crippen LogP contribution in [0.5, 0.6) is 17.4 Å². The van der Waals surface area contributed by atoms with E-state index in [1.807, 2.05) is 0 Å². The molecule has 1 unspecified atom stereocenters. The summed E-state index contributed by atoms with van der Waals surface area (Å²) in [6.45, 7) is 2.65. The highest BCUT2D eigenvalue weighted by atomic mass is 32.1. The molecule has 1 aliphatic rings. The van der Waals surface area contributed by atoms with Crippen LogP contribution in [-0.4, -0.2) is 46.9 Å². The van der Waals surface area contributed by atoms with Gasteiger partial charge in [-0.15, -0.1) is 11.3 Å². The summed E-state index contributed by atoms with van der Waals surface area (Å²) in [4.78, 5) is 13.5.